The molecule has 0 heterocycles. The van der Waals surface area contributed by atoms with Gasteiger partial charge in [0.1, 0.15) is 17.4 Å². The molecule has 0 bridgehead atoms. The van der Waals surface area contributed by atoms with Crippen LogP contribution in [0.1, 0.15) is 5.56 Å². The van der Waals surface area contributed by atoms with Crippen molar-refractivity contribution in [2.45, 2.75) is 11.3 Å². The normalized spacial score (nSPS) is 11.4. The zero-order valence-electron chi connectivity index (χ0n) is 11.8. The molecule has 0 atom stereocenters. The summed E-state index contributed by atoms with van der Waals surface area (Å²) in [7, 11) is -2.39. The van der Waals surface area contributed by atoms with Gasteiger partial charge in [0.05, 0.1) is 12.0 Å². The Morgan fingerprint density at radius 1 is 1.05 bits per heavy atom. The van der Waals surface area contributed by atoms with Gasteiger partial charge < -0.3 is 4.74 Å². The molecule has 0 aliphatic rings. The Morgan fingerprint density at radius 2 is 1.64 bits per heavy atom. The summed E-state index contributed by atoms with van der Waals surface area (Å²) in [5.74, 6) is -1.16. The minimum atomic E-state index is -3.94. The summed E-state index contributed by atoms with van der Waals surface area (Å²) in [5, 5.41) is 0. The van der Waals surface area contributed by atoms with Crippen molar-refractivity contribution < 1.29 is 21.9 Å². The first-order valence-corrected chi connectivity index (χ1v) is 7.98. The predicted molar refractivity (Wildman–Crippen MR) is 78.2 cm³/mol. The van der Waals surface area contributed by atoms with Crippen molar-refractivity contribution in [3.05, 3.63) is 59.7 Å². The molecule has 0 aliphatic carbocycles. The Hall–Kier alpha value is -1.99. The van der Waals surface area contributed by atoms with Crippen LogP contribution in [-0.4, -0.2) is 22.1 Å². The van der Waals surface area contributed by atoms with Crippen molar-refractivity contribution in [1.29, 1.82) is 0 Å². The minimum absolute atomic E-state index is 0.118. The van der Waals surface area contributed by atoms with Gasteiger partial charge in [-0.2, -0.15) is 0 Å². The molecule has 22 heavy (non-hydrogen) atoms. The van der Waals surface area contributed by atoms with E-state index in [1.807, 2.05) is 12.1 Å². The van der Waals surface area contributed by atoms with Crippen LogP contribution in [0.15, 0.2) is 47.4 Å². The number of rotatable bonds is 6. The van der Waals surface area contributed by atoms with Gasteiger partial charge in [-0.05, 0) is 36.2 Å². The van der Waals surface area contributed by atoms with Crippen molar-refractivity contribution in [1.82, 2.24) is 4.72 Å². The Bertz CT molecular complexity index is 726. The minimum Gasteiger partial charge on any atom is -0.497 e. The van der Waals surface area contributed by atoms with Crippen LogP contribution in [0.2, 0.25) is 0 Å². The lowest BCUT2D eigenvalue weighted by Crippen LogP contribution is -2.26. The Kier molecular flexibility index (Phi) is 5.10. The average Bonchev–Trinajstić information content (AvgIpc) is 2.47. The molecule has 2 aromatic rings. The molecule has 7 heteroatoms. The average molecular weight is 327 g/mol. The summed E-state index contributed by atoms with van der Waals surface area (Å²) in [6.45, 7) is 0.118. The van der Waals surface area contributed by atoms with Crippen molar-refractivity contribution in [3.8, 4) is 5.75 Å². The van der Waals surface area contributed by atoms with Gasteiger partial charge >= 0.3 is 0 Å². The summed E-state index contributed by atoms with van der Waals surface area (Å²) >= 11 is 0. The molecule has 2 rings (SSSR count). The third kappa shape index (κ3) is 4.25. The fraction of sp³-hybridized carbons (Fsp3) is 0.200. The number of hydrogen-bond acceptors (Lipinski definition) is 3. The maximum atomic E-state index is 13.1. The van der Waals surface area contributed by atoms with Crippen LogP contribution >= 0.6 is 0 Å². The van der Waals surface area contributed by atoms with Gasteiger partial charge in [-0.1, -0.05) is 12.1 Å². The summed E-state index contributed by atoms with van der Waals surface area (Å²) in [6.07, 6.45) is 0.445. The standard InChI is InChI=1S/C15H15F2NO3S/c1-21-14-4-2-11(3-5-14)6-7-18-22(19,20)15-9-12(16)8-13(17)10-15/h2-5,8-10,18H,6-7H2,1H3. The van der Waals surface area contributed by atoms with Gasteiger partial charge in [0.2, 0.25) is 10.0 Å². The number of ether oxygens (including phenoxy) is 1. The fourth-order valence-corrected chi connectivity index (χ4v) is 2.96. The fourth-order valence-electron chi connectivity index (χ4n) is 1.89. The second kappa shape index (κ2) is 6.85. The largest absolute Gasteiger partial charge is 0.497 e. The van der Waals surface area contributed by atoms with Crippen LogP contribution in [0.25, 0.3) is 0 Å². The van der Waals surface area contributed by atoms with Crippen LogP contribution in [0.3, 0.4) is 0 Å². The Morgan fingerprint density at radius 3 is 2.18 bits per heavy atom. The van der Waals surface area contributed by atoms with Crippen LogP contribution in [-0.2, 0) is 16.4 Å². The number of sulfonamides is 1. The highest BCUT2D eigenvalue weighted by Crippen LogP contribution is 2.14. The van der Waals surface area contributed by atoms with Crippen LogP contribution in [0.4, 0.5) is 8.78 Å². The summed E-state index contributed by atoms with van der Waals surface area (Å²) in [4.78, 5) is -0.431. The van der Waals surface area contributed by atoms with Gasteiger partial charge in [-0.3, -0.25) is 0 Å². The smallest absolute Gasteiger partial charge is 0.240 e. The molecule has 0 saturated heterocycles. The van der Waals surface area contributed by atoms with Crippen LogP contribution in [0, 0.1) is 11.6 Å². The number of methoxy groups -OCH3 is 1. The zero-order valence-corrected chi connectivity index (χ0v) is 12.7. The topological polar surface area (TPSA) is 55.4 Å². The number of nitrogens with one attached hydrogen (secondary N) is 1. The summed E-state index contributed by atoms with van der Waals surface area (Å²) in [6, 6.07) is 9.34. The lowest BCUT2D eigenvalue weighted by Gasteiger charge is -2.08. The van der Waals surface area contributed by atoms with Crippen molar-refractivity contribution >= 4 is 10.0 Å². The predicted octanol–water partition coefficient (Wildman–Crippen LogP) is 2.49. The van der Waals surface area contributed by atoms with E-state index in [9.17, 15) is 17.2 Å². The summed E-state index contributed by atoms with van der Waals surface area (Å²) < 4.78 is 57.4. The Labute approximate surface area is 127 Å². The zero-order chi connectivity index (χ0) is 16.2. The molecule has 0 spiro atoms. The quantitative estimate of drug-likeness (QED) is 0.887. The van der Waals surface area contributed by atoms with Gasteiger partial charge in [-0.25, -0.2) is 21.9 Å². The molecule has 118 valence electrons. The highest BCUT2D eigenvalue weighted by atomic mass is 32.2. The van der Waals surface area contributed by atoms with Gasteiger partial charge in [0.15, 0.2) is 0 Å². The summed E-state index contributed by atoms with van der Waals surface area (Å²) in [5.41, 5.74) is 0.911. The first-order valence-electron chi connectivity index (χ1n) is 6.49. The number of halogens is 2. The second-order valence-corrected chi connectivity index (χ2v) is 6.37. The SMILES string of the molecule is COc1ccc(CCNS(=O)(=O)c2cc(F)cc(F)c2)cc1. The lowest BCUT2D eigenvalue weighted by molar-refractivity contribution is 0.414. The Balaban J connectivity index is 2.00. The van der Waals surface area contributed by atoms with Crippen LogP contribution < -0.4 is 9.46 Å². The van der Waals surface area contributed by atoms with Gasteiger partial charge in [-0.15, -0.1) is 0 Å². The maximum Gasteiger partial charge on any atom is 0.240 e. The van der Waals surface area contributed by atoms with E-state index in [4.69, 9.17) is 4.74 Å². The number of benzene rings is 2. The van der Waals surface area contributed by atoms with E-state index >= 15 is 0 Å². The first-order chi connectivity index (χ1) is 10.4. The van der Waals surface area contributed by atoms with E-state index in [1.54, 1.807) is 19.2 Å². The molecule has 4 nitrogen and oxygen atoms in total. The third-order valence-electron chi connectivity index (χ3n) is 3.01. The number of hydrogen-bond donors (Lipinski definition) is 1. The molecule has 0 amide bonds. The van der Waals surface area contributed by atoms with Gasteiger partial charge in [0.25, 0.3) is 0 Å². The van der Waals surface area contributed by atoms with E-state index < -0.39 is 26.6 Å². The molecule has 0 fully saturated rings. The molecule has 0 unspecified atom stereocenters. The van der Waals surface area contributed by atoms with Crippen molar-refractivity contribution in [2.24, 2.45) is 0 Å². The van der Waals surface area contributed by atoms with Gasteiger partial charge in [0, 0.05) is 12.6 Å². The van der Waals surface area contributed by atoms with Crippen LogP contribution in [0.5, 0.6) is 5.75 Å². The van der Waals surface area contributed by atoms with E-state index in [0.717, 1.165) is 17.7 Å². The lowest BCUT2D eigenvalue weighted by atomic mass is 10.1. The molecule has 1 N–H and O–H groups in total. The van der Waals surface area contributed by atoms with Crippen molar-refractivity contribution in [2.75, 3.05) is 13.7 Å². The molecular formula is C15H15F2NO3S. The highest BCUT2D eigenvalue weighted by molar-refractivity contribution is 7.89. The van der Waals surface area contributed by atoms with E-state index in [0.29, 0.717) is 18.2 Å². The second-order valence-electron chi connectivity index (χ2n) is 4.60. The molecule has 0 aliphatic heterocycles. The third-order valence-corrected chi connectivity index (χ3v) is 4.45. The van der Waals surface area contributed by atoms with E-state index in [2.05, 4.69) is 4.72 Å². The molecule has 0 aromatic heterocycles. The van der Waals surface area contributed by atoms with Crippen molar-refractivity contribution in [3.63, 3.8) is 0 Å². The molecule has 0 radical (unpaired) electrons. The highest BCUT2D eigenvalue weighted by Gasteiger charge is 2.15. The maximum absolute atomic E-state index is 13.1. The van der Waals surface area contributed by atoms with E-state index in [1.165, 1.54) is 0 Å². The molecule has 0 saturated carbocycles. The molecule has 2 aromatic carbocycles. The van der Waals surface area contributed by atoms with E-state index in [-0.39, 0.29) is 6.54 Å². The monoisotopic (exact) mass is 327 g/mol. The first kappa shape index (κ1) is 16.4. The molecular weight excluding hydrogens is 312 g/mol.